The third-order valence-electron chi connectivity index (χ3n) is 5.43. The number of carbonyl (C=O) groups is 1. The molecule has 1 amide bonds. The van der Waals surface area contributed by atoms with Crippen LogP contribution in [0.2, 0.25) is 0 Å². The molecule has 0 N–H and O–H groups in total. The van der Waals surface area contributed by atoms with Crippen molar-refractivity contribution in [3.05, 3.63) is 63.0 Å². The number of benzene rings is 2. The molecule has 4 rings (SSSR count). The number of hydrogen-bond acceptors (Lipinski definition) is 3. The Bertz CT molecular complexity index is 1110. The van der Waals surface area contributed by atoms with Crippen LogP contribution in [0, 0.1) is 13.8 Å². The average Bonchev–Trinajstić information content (AvgIpc) is 3.03. The molecule has 3 aromatic rings. The summed E-state index contributed by atoms with van der Waals surface area (Å²) in [5.41, 5.74) is 6.92. The Balaban J connectivity index is 1.79. The van der Waals surface area contributed by atoms with Crippen LogP contribution in [0.1, 0.15) is 45.5 Å². The van der Waals surface area contributed by atoms with Crippen LogP contribution >= 0.6 is 11.3 Å². The number of thiazole rings is 1. The smallest absolute Gasteiger partial charge is 0.279 e. The zero-order chi connectivity index (χ0) is 19.7. The number of carbonyl (C=O) groups excluding carboxylic acids is 1. The number of rotatable bonds is 4. The lowest BCUT2D eigenvalue weighted by Gasteiger charge is -2.15. The SMILES string of the molecule is COCCn1c(=NC(=O)c2ccc3c(c2)CCCC3)sc2c(C)cc(C)cc21. The second-order valence-electron chi connectivity index (χ2n) is 7.57. The van der Waals surface area contributed by atoms with E-state index in [0.717, 1.165) is 23.2 Å². The molecule has 0 fully saturated rings. The lowest BCUT2D eigenvalue weighted by molar-refractivity contribution is 0.0997. The van der Waals surface area contributed by atoms with E-state index in [-0.39, 0.29) is 5.91 Å². The standard InChI is InChI=1S/C23H26N2O2S/c1-15-12-16(2)21-20(13-15)25(10-11-27-3)23(28-21)24-22(26)19-9-8-17-6-4-5-7-18(17)14-19/h8-9,12-14H,4-7,10-11H2,1-3H3. The summed E-state index contributed by atoms with van der Waals surface area (Å²) in [6.07, 6.45) is 4.62. The number of ether oxygens (including phenoxy) is 1. The van der Waals surface area contributed by atoms with Crippen LogP contribution in [0.4, 0.5) is 0 Å². The second kappa shape index (κ2) is 8.02. The van der Waals surface area contributed by atoms with Crippen molar-refractivity contribution < 1.29 is 9.53 Å². The molecule has 1 aliphatic carbocycles. The highest BCUT2D eigenvalue weighted by Gasteiger charge is 2.14. The van der Waals surface area contributed by atoms with Crippen molar-refractivity contribution in [1.29, 1.82) is 0 Å². The number of fused-ring (bicyclic) bond motifs is 2. The Morgan fingerprint density at radius 2 is 1.93 bits per heavy atom. The van der Waals surface area contributed by atoms with Crippen LogP contribution in [-0.2, 0) is 24.1 Å². The molecule has 2 aromatic carbocycles. The summed E-state index contributed by atoms with van der Waals surface area (Å²) in [5, 5.41) is 0. The summed E-state index contributed by atoms with van der Waals surface area (Å²) in [6, 6.07) is 10.4. The number of hydrogen-bond donors (Lipinski definition) is 0. The summed E-state index contributed by atoms with van der Waals surface area (Å²) in [4.78, 5) is 18.2. The van der Waals surface area contributed by atoms with Crippen molar-refractivity contribution in [2.75, 3.05) is 13.7 Å². The fourth-order valence-electron chi connectivity index (χ4n) is 4.01. The highest BCUT2D eigenvalue weighted by atomic mass is 32.1. The van der Waals surface area contributed by atoms with E-state index in [0.29, 0.717) is 18.7 Å². The van der Waals surface area contributed by atoms with E-state index in [1.54, 1.807) is 18.4 Å². The Morgan fingerprint density at radius 1 is 1.14 bits per heavy atom. The zero-order valence-corrected chi connectivity index (χ0v) is 17.6. The molecule has 0 saturated heterocycles. The minimum Gasteiger partial charge on any atom is -0.383 e. The molecular formula is C23H26N2O2S. The molecule has 1 aliphatic rings. The molecule has 1 aromatic heterocycles. The summed E-state index contributed by atoms with van der Waals surface area (Å²) in [6.45, 7) is 5.47. The summed E-state index contributed by atoms with van der Waals surface area (Å²) < 4.78 is 8.58. The highest BCUT2D eigenvalue weighted by Crippen LogP contribution is 2.24. The molecule has 146 valence electrons. The molecule has 0 spiro atoms. The van der Waals surface area contributed by atoms with E-state index in [9.17, 15) is 4.79 Å². The van der Waals surface area contributed by atoms with Crippen molar-refractivity contribution in [2.45, 2.75) is 46.1 Å². The number of nitrogens with zero attached hydrogens (tertiary/aromatic N) is 2. The van der Waals surface area contributed by atoms with E-state index in [2.05, 4.69) is 41.6 Å². The van der Waals surface area contributed by atoms with Crippen LogP contribution < -0.4 is 4.80 Å². The molecule has 0 atom stereocenters. The van der Waals surface area contributed by atoms with E-state index in [4.69, 9.17) is 4.74 Å². The van der Waals surface area contributed by atoms with Crippen LogP contribution in [0.5, 0.6) is 0 Å². The molecule has 0 saturated carbocycles. The maximum Gasteiger partial charge on any atom is 0.279 e. The largest absolute Gasteiger partial charge is 0.383 e. The number of amides is 1. The molecule has 5 heteroatoms. The van der Waals surface area contributed by atoms with E-state index in [1.165, 1.54) is 39.8 Å². The van der Waals surface area contributed by atoms with Gasteiger partial charge in [-0.05, 0) is 80.0 Å². The molecule has 0 aliphatic heterocycles. The Hall–Kier alpha value is -2.24. The topological polar surface area (TPSA) is 43.6 Å². The quantitative estimate of drug-likeness (QED) is 0.650. The van der Waals surface area contributed by atoms with E-state index in [1.807, 2.05) is 12.1 Å². The number of aryl methyl sites for hydroxylation is 4. The molecular weight excluding hydrogens is 368 g/mol. The number of aromatic nitrogens is 1. The van der Waals surface area contributed by atoms with Crippen LogP contribution in [0.3, 0.4) is 0 Å². The first-order chi connectivity index (χ1) is 13.6. The van der Waals surface area contributed by atoms with Crippen LogP contribution in [0.15, 0.2) is 35.3 Å². The fraction of sp³-hybridized carbons (Fsp3) is 0.391. The predicted molar refractivity (Wildman–Crippen MR) is 114 cm³/mol. The number of methoxy groups -OCH3 is 1. The van der Waals surface area contributed by atoms with Gasteiger partial charge in [0.15, 0.2) is 4.80 Å². The monoisotopic (exact) mass is 394 g/mol. The van der Waals surface area contributed by atoms with Crippen LogP contribution in [-0.4, -0.2) is 24.2 Å². The first kappa shape index (κ1) is 19.1. The van der Waals surface area contributed by atoms with Gasteiger partial charge in [0, 0.05) is 19.2 Å². The van der Waals surface area contributed by atoms with Crippen LogP contribution in [0.25, 0.3) is 10.2 Å². The maximum absolute atomic E-state index is 12.9. The molecule has 0 unspecified atom stereocenters. The van der Waals surface area contributed by atoms with Gasteiger partial charge in [0.1, 0.15) is 0 Å². The van der Waals surface area contributed by atoms with E-state index >= 15 is 0 Å². The van der Waals surface area contributed by atoms with Gasteiger partial charge in [-0.2, -0.15) is 4.99 Å². The minimum absolute atomic E-state index is 0.166. The molecule has 0 radical (unpaired) electrons. The van der Waals surface area contributed by atoms with Crippen molar-refractivity contribution in [2.24, 2.45) is 4.99 Å². The first-order valence-electron chi connectivity index (χ1n) is 9.87. The highest BCUT2D eigenvalue weighted by molar-refractivity contribution is 7.16. The molecule has 28 heavy (non-hydrogen) atoms. The minimum atomic E-state index is -0.166. The van der Waals surface area contributed by atoms with Gasteiger partial charge in [-0.3, -0.25) is 4.79 Å². The third-order valence-corrected chi connectivity index (χ3v) is 6.66. The van der Waals surface area contributed by atoms with Crippen molar-refractivity contribution in [3.8, 4) is 0 Å². The zero-order valence-electron chi connectivity index (χ0n) is 16.7. The Labute approximate surface area is 169 Å². The van der Waals surface area contributed by atoms with Gasteiger partial charge >= 0.3 is 0 Å². The van der Waals surface area contributed by atoms with Gasteiger partial charge < -0.3 is 9.30 Å². The van der Waals surface area contributed by atoms with E-state index < -0.39 is 0 Å². The van der Waals surface area contributed by atoms with Gasteiger partial charge in [-0.25, -0.2) is 0 Å². The Morgan fingerprint density at radius 3 is 2.71 bits per heavy atom. The molecule has 1 heterocycles. The lowest BCUT2D eigenvalue weighted by atomic mass is 9.90. The summed E-state index contributed by atoms with van der Waals surface area (Å²) in [5.74, 6) is -0.166. The van der Waals surface area contributed by atoms with Gasteiger partial charge in [0.05, 0.1) is 16.8 Å². The van der Waals surface area contributed by atoms with Crippen molar-refractivity contribution in [1.82, 2.24) is 4.57 Å². The Kier molecular flexibility index (Phi) is 5.47. The summed E-state index contributed by atoms with van der Waals surface area (Å²) >= 11 is 1.58. The average molecular weight is 395 g/mol. The normalized spacial score (nSPS) is 14.5. The molecule has 0 bridgehead atoms. The third kappa shape index (κ3) is 3.69. The fourth-order valence-corrected chi connectivity index (χ4v) is 5.12. The van der Waals surface area contributed by atoms with Gasteiger partial charge in [0.2, 0.25) is 0 Å². The second-order valence-corrected chi connectivity index (χ2v) is 8.54. The summed E-state index contributed by atoms with van der Waals surface area (Å²) in [7, 11) is 1.70. The van der Waals surface area contributed by atoms with Crippen molar-refractivity contribution in [3.63, 3.8) is 0 Å². The molecule has 4 nitrogen and oxygen atoms in total. The van der Waals surface area contributed by atoms with Gasteiger partial charge in [-0.1, -0.05) is 23.5 Å². The lowest BCUT2D eigenvalue weighted by Crippen LogP contribution is -2.19. The maximum atomic E-state index is 12.9. The first-order valence-corrected chi connectivity index (χ1v) is 10.7. The van der Waals surface area contributed by atoms with Crippen molar-refractivity contribution >= 4 is 27.5 Å². The van der Waals surface area contributed by atoms with Gasteiger partial charge in [-0.15, -0.1) is 0 Å². The van der Waals surface area contributed by atoms with Gasteiger partial charge in [0.25, 0.3) is 5.91 Å². The predicted octanol–water partition coefficient (Wildman–Crippen LogP) is 4.59.